The second-order valence-corrected chi connectivity index (χ2v) is 22.7. The SMILES string of the molecule is O=C(OC(CO[C@@H]1O[C@H](COCc2ccccc2)[C@H](OCc2ccccc2)[C@H](OCc2ccccc2)[C@H]1OCc1ccccc1)CO[C@@H]1O[C@H](COCc2ccccc2)[C@H](OCc2ccccc2)[C@H](OCc2ccccc2)[C@H]1OCc1ccccc1)c1ccccc1. The first kappa shape index (κ1) is 65.5. The van der Waals surface area contributed by atoms with E-state index >= 15 is 0 Å². The lowest BCUT2D eigenvalue weighted by atomic mass is 9.97. The number of hydrogen-bond acceptors (Lipinski definition) is 14. The fourth-order valence-corrected chi connectivity index (χ4v) is 11.1. The van der Waals surface area contributed by atoms with Crippen molar-refractivity contribution in [2.75, 3.05) is 26.4 Å². The van der Waals surface area contributed by atoms with Gasteiger partial charge in [-0.1, -0.05) is 261 Å². The summed E-state index contributed by atoms with van der Waals surface area (Å²) in [5.74, 6) is -0.595. The van der Waals surface area contributed by atoms with Crippen LogP contribution in [0.15, 0.2) is 273 Å². The van der Waals surface area contributed by atoms with Gasteiger partial charge in [0.05, 0.1) is 84.8 Å². The van der Waals surface area contributed by atoms with Gasteiger partial charge in [-0.2, -0.15) is 0 Å². The highest BCUT2D eigenvalue weighted by molar-refractivity contribution is 5.89. The minimum absolute atomic E-state index is 0.101. The molecule has 0 spiro atoms. The Balaban J connectivity index is 0.926. The Labute approximate surface area is 539 Å². The molecule has 9 aromatic rings. The van der Waals surface area contributed by atoms with Gasteiger partial charge in [-0.15, -0.1) is 0 Å². The van der Waals surface area contributed by atoms with Gasteiger partial charge in [-0.3, -0.25) is 0 Å². The summed E-state index contributed by atoms with van der Waals surface area (Å²) >= 11 is 0. The molecule has 0 N–H and O–H groups in total. The molecule has 0 bridgehead atoms. The molecule has 0 unspecified atom stereocenters. The molecule has 2 saturated heterocycles. The maximum atomic E-state index is 14.4. The van der Waals surface area contributed by atoms with Crippen LogP contribution in [-0.2, 0) is 114 Å². The fraction of sp³-hybridized carbons (Fsp3) is 0.295. The minimum Gasteiger partial charge on any atom is -0.454 e. The predicted octanol–water partition coefficient (Wildman–Crippen LogP) is 13.6. The summed E-state index contributed by atoms with van der Waals surface area (Å²) in [7, 11) is 0. The van der Waals surface area contributed by atoms with Gasteiger partial charge in [0.15, 0.2) is 12.6 Å². The van der Waals surface area contributed by atoms with Crippen LogP contribution in [0.1, 0.15) is 54.9 Å². The Morgan fingerprint density at radius 2 is 0.522 bits per heavy atom. The van der Waals surface area contributed by atoms with Gasteiger partial charge in [0.25, 0.3) is 0 Å². The Morgan fingerprint density at radius 3 is 0.804 bits per heavy atom. The number of rotatable bonds is 34. The topological polar surface area (TPSA) is 137 Å². The van der Waals surface area contributed by atoms with Crippen molar-refractivity contribution in [3.63, 3.8) is 0 Å². The molecule has 0 amide bonds. The average molecular weight is 1240 g/mol. The first-order valence-electron chi connectivity index (χ1n) is 31.5. The Bertz CT molecular complexity index is 3250. The van der Waals surface area contributed by atoms with E-state index in [1.807, 2.05) is 249 Å². The predicted molar refractivity (Wildman–Crippen MR) is 347 cm³/mol. The van der Waals surface area contributed by atoms with Crippen LogP contribution in [-0.4, -0.2) is 99.9 Å². The quantitative estimate of drug-likeness (QED) is 0.0354. The van der Waals surface area contributed by atoms with E-state index in [4.69, 9.17) is 61.6 Å². The Kier molecular flexibility index (Phi) is 25.4. The lowest BCUT2D eigenvalue weighted by Gasteiger charge is -2.46. The third-order valence-corrected chi connectivity index (χ3v) is 15.9. The normalized spacial score (nSPS) is 21.4. The molecular weight excluding hydrogens is 1160 g/mol. The van der Waals surface area contributed by atoms with E-state index in [0.29, 0.717) is 18.8 Å². The van der Waals surface area contributed by atoms with Gasteiger partial charge in [-0.05, 0) is 56.6 Å². The second kappa shape index (κ2) is 35.7. The monoisotopic (exact) mass is 1240 g/mol. The summed E-state index contributed by atoms with van der Waals surface area (Å²) in [4.78, 5) is 14.4. The van der Waals surface area contributed by atoms with Gasteiger partial charge in [0.1, 0.15) is 54.9 Å². The zero-order valence-corrected chi connectivity index (χ0v) is 51.5. The molecule has 14 heteroatoms. The van der Waals surface area contributed by atoms with E-state index in [0.717, 1.165) is 44.5 Å². The zero-order chi connectivity index (χ0) is 62.6. The van der Waals surface area contributed by atoms with Crippen molar-refractivity contribution < 1.29 is 66.4 Å². The van der Waals surface area contributed by atoms with Crippen LogP contribution in [0.2, 0.25) is 0 Å². The van der Waals surface area contributed by atoms with Crippen molar-refractivity contribution in [3.8, 4) is 0 Å². The molecule has 9 aromatic carbocycles. The average Bonchev–Trinajstić information content (AvgIpc) is 1.13. The zero-order valence-electron chi connectivity index (χ0n) is 51.5. The maximum Gasteiger partial charge on any atom is 0.338 e. The smallest absolute Gasteiger partial charge is 0.338 e. The molecule has 0 saturated carbocycles. The van der Waals surface area contributed by atoms with Crippen LogP contribution in [0, 0.1) is 0 Å². The van der Waals surface area contributed by atoms with E-state index < -0.39 is 73.5 Å². The van der Waals surface area contributed by atoms with E-state index in [-0.39, 0.29) is 66.1 Å². The number of ether oxygens (including phenoxy) is 13. The van der Waals surface area contributed by atoms with Crippen molar-refractivity contribution in [2.24, 2.45) is 0 Å². The van der Waals surface area contributed by atoms with Crippen LogP contribution in [0.25, 0.3) is 0 Å². The molecule has 2 aliphatic rings. The van der Waals surface area contributed by atoms with E-state index in [1.165, 1.54) is 0 Å². The second-order valence-electron chi connectivity index (χ2n) is 22.7. The number of esters is 1. The van der Waals surface area contributed by atoms with Crippen LogP contribution in [0.4, 0.5) is 0 Å². The Hall–Kier alpha value is -8.03. The molecule has 11 rings (SSSR count). The molecule has 0 aromatic heterocycles. The molecule has 92 heavy (non-hydrogen) atoms. The van der Waals surface area contributed by atoms with Gasteiger partial charge in [0.2, 0.25) is 0 Å². The van der Waals surface area contributed by atoms with Crippen LogP contribution in [0.5, 0.6) is 0 Å². The number of hydrogen-bond donors (Lipinski definition) is 0. The number of benzene rings is 9. The highest BCUT2D eigenvalue weighted by Gasteiger charge is 2.51. The van der Waals surface area contributed by atoms with Gasteiger partial charge in [-0.25, -0.2) is 4.79 Å². The standard InChI is InChI=1S/C78H80O14/c79-76(66-44-26-9-27-45-66)90-67(54-88-77-74(86-52-64-40-22-7-23-41-64)72(84-50-62-36-18-5-19-37-62)70(82-48-60-32-14-3-15-33-60)68(91-77)56-80-46-58-28-10-1-11-29-58)55-89-78-75(87-53-65-42-24-8-25-43-65)73(85-51-63-38-20-6-21-39-63)71(83-49-61-34-16-4-17-35-61)69(92-78)57-81-47-59-30-12-2-13-31-59/h1-45,67-75,77-78H,46-57H2/t68-,69-,70+,71+,72+,73+,74-,75-,77-,78-/m1/s1. The minimum atomic E-state index is -1.14. The molecule has 476 valence electrons. The molecule has 2 aliphatic heterocycles. The van der Waals surface area contributed by atoms with Crippen molar-refractivity contribution in [1.29, 1.82) is 0 Å². The van der Waals surface area contributed by atoms with Crippen LogP contribution < -0.4 is 0 Å². The van der Waals surface area contributed by atoms with Crippen molar-refractivity contribution in [1.82, 2.24) is 0 Å². The molecule has 2 fully saturated rings. The molecular formula is C78H80O14. The van der Waals surface area contributed by atoms with E-state index in [1.54, 1.807) is 24.3 Å². The molecule has 10 atom stereocenters. The summed E-state index contributed by atoms with van der Waals surface area (Å²) in [6.07, 6.45) is -9.77. The van der Waals surface area contributed by atoms with Crippen LogP contribution >= 0.6 is 0 Å². The third-order valence-electron chi connectivity index (χ3n) is 15.9. The van der Waals surface area contributed by atoms with Crippen LogP contribution in [0.3, 0.4) is 0 Å². The molecule has 0 aliphatic carbocycles. The first-order chi connectivity index (χ1) is 45.5. The highest BCUT2D eigenvalue weighted by Crippen LogP contribution is 2.35. The van der Waals surface area contributed by atoms with E-state index in [9.17, 15) is 4.79 Å². The fourth-order valence-electron chi connectivity index (χ4n) is 11.1. The number of carbonyl (C=O) groups is 1. The van der Waals surface area contributed by atoms with Gasteiger partial charge < -0.3 is 61.6 Å². The summed E-state index contributed by atoms with van der Waals surface area (Å²) in [5.41, 5.74) is 7.99. The molecule has 2 heterocycles. The summed E-state index contributed by atoms with van der Waals surface area (Å²) < 4.78 is 89.8. The largest absolute Gasteiger partial charge is 0.454 e. The third kappa shape index (κ3) is 20.0. The van der Waals surface area contributed by atoms with Crippen molar-refractivity contribution in [3.05, 3.63) is 323 Å². The summed E-state index contributed by atoms with van der Waals surface area (Å²) in [6, 6.07) is 88.4. The lowest BCUT2D eigenvalue weighted by molar-refractivity contribution is -0.338. The number of carbonyl (C=O) groups excluding carboxylic acids is 1. The van der Waals surface area contributed by atoms with Crippen molar-refractivity contribution in [2.45, 2.75) is 120 Å². The Morgan fingerprint density at radius 1 is 0.283 bits per heavy atom. The lowest BCUT2D eigenvalue weighted by Crippen LogP contribution is -2.62. The molecule has 14 nitrogen and oxygen atoms in total. The maximum absolute atomic E-state index is 14.4. The first-order valence-corrected chi connectivity index (χ1v) is 31.5. The van der Waals surface area contributed by atoms with E-state index in [2.05, 4.69) is 0 Å². The summed E-state index contributed by atoms with van der Waals surface area (Å²) in [5, 5.41) is 0. The van der Waals surface area contributed by atoms with Gasteiger partial charge >= 0.3 is 5.97 Å². The van der Waals surface area contributed by atoms with Crippen molar-refractivity contribution >= 4 is 5.97 Å². The van der Waals surface area contributed by atoms with Gasteiger partial charge in [0, 0.05) is 0 Å². The highest BCUT2D eigenvalue weighted by atomic mass is 16.7. The summed E-state index contributed by atoms with van der Waals surface area (Å²) in [6.45, 7) is 1.64. The molecule has 0 radical (unpaired) electrons.